The Bertz CT molecular complexity index is 958. The minimum absolute atomic E-state index is 0.300. The number of unbranched alkanes of at least 4 members (excludes halogenated alkanes) is 1. The summed E-state index contributed by atoms with van der Waals surface area (Å²) < 4.78 is 67.6. The molecule has 31 heavy (non-hydrogen) atoms. The highest BCUT2D eigenvalue weighted by molar-refractivity contribution is 6.01. The third-order valence-electron chi connectivity index (χ3n) is 4.62. The Labute approximate surface area is 177 Å². The van der Waals surface area contributed by atoms with Gasteiger partial charge in [-0.2, -0.15) is 0 Å². The summed E-state index contributed by atoms with van der Waals surface area (Å²) in [6, 6.07) is 8.62. The van der Waals surface area contributed by atoms with E-state index in [0.717, 1.165) is 24.8 Å². The predicted molar refractivity (Wildman–Crippen MR) is 107 cm³/mol. The molecule has 2 rings (SSSR count). The number of carbonyl (C=O) groups excluding carboxylic acids is 1. The molecule has 0 fully saturated rings. The number of allylic oxidation sites excluding steroid dienone is 2. The number of hydrogen-bond acceptors (Lipinski definition) is 3. The zero-order valence-corrected chi connectivity index (χ0v) is 17.2. The van der Waals surface area contributed by atoms with E-state index in [4.69, 9.17) is 0 Å². The van der Waals surface area contributed by atoms with Gasteiger partial charge in [0.1, 0.15) is 5.56 Å². The molecule has 0 amide bonds. The molecule has 0 saturated carbocycles. The van der Waals surface area contributed by atoms with Crippen LogP contribution in [0.2, 0.25) is 0 Å². The second kappa shape index (κ2) is 11.4. The third kappa shape index (κ3) is 5.99. The molecule has 0 radical (unpaired) electrons. The van der Waals surface area contributed by atoms with Gasteiger partial charge in [-0.3, -0.25) is 0 Å². The van der Waals surface area contributed by atoms with Crippen LogP contribution in [0.5, 0.6) is 0 Å². The van der Waals surface area contributed by atoms with Crippen LogP contribution in [-0.2, 0) is 4.84 Å². The Hall–Kier alpha value is -3.03. The van der Waals surface area contributed by atoms with Crippen molar-refractivity contribution in [3.05, 3.63) is 82.2 Å². The van der Waals surface area contributed by atoms with Crippen molar-refractivity contribution in [2.45, 2.75) is 46.0 Å². The normalized spacial score (nSPS) is 12.2. The molecule has 0 unspecified atom stereocenters. The highest BCUT2D eigenvalue weighted by Gasteiger charge is 2.31. The van der Waals surface area contributed by atoms with Gasteiger partial charge in [-0.1, -0.05) is 67.4 Å². The van der Waals surface area contributed by atoms with Crippen LogP contribution in [0.25, 0.3) is 0 Å². The first kappa shape index (κ1) is 24.2. The monoisotopic (exact) mass is 439 g/mol. The Morgan fingerprint density at radius 2 is 1.48 bits per heavy atom. The minimum atomic E-state index is -2.36. The first-order chi connectivity index (χ1) is 14.8. The highest BCUT2D eigenvalue weighted by Crippen LogP contribution is 2.24. The van der Waals surface area contributed by atoms with Crippen molar-refractivity contribution in [2.75, 3.05) is 0 Å². The van der Waals surface area contributed by atoms with Crippen molar-refractivity contribution < 1.29 is 31.6 Å². The maximum absolute atomic E-state index is 13.8. The molecule has 0 aliphatic heterocycles. The van der Waals surface area contributed by atoms with E-state index >= 15 is 0 Å². The second-order valence-corrected chi connectivity index (χ2v) is 6.73. The van der Waals surface area contributed by atoms with E-state index in [2.05, 4.69) is 23.0 Å². The van der Waals surface area contributed by atoms with E-state index in [1.807, 2.05) is 6.92 Å². The maximum atomic E-state index is 13.8. The van der Waals surface area contributed by atoms with Crippen molar-refractivity contribution in [1.82, 2.24) is 0 Å². The first-order valence-corrected chi connectivity index (χ1v) is 9.84. The summed E-state index contributed by atoms with van der Waals surface area (Å²) in [4.78, 5) is 16.7. The number of hydrogen-bond donors (Lipinski definition) is 0. The molecule has 8 heteroatoms. The van der Waals surface area contributed by atoms with Crippen LogP contribution in [0.1, 0.15) is 61.9 Å². The number of benzene rings is 2. The fourth-order valence-corrected chi connectivity index (χ4v) is 2.85. The smallest absolute Gasteiger partial charge is 0.312 e. The van der Waals surface area contributed by atoms with E-state index in [9.17, 15) is 26.7 Å². The summed E-state index contributed by atoms with van der Waals surface area (Å²) in [7, 11) is 0. The average molecular weight is 439 g/mol. The SMILES string of the molecule is CCC/C=C(\CC)CC/C(=N\OC(=O)c1c(F)c(F)c(F)c(F)c1F)c1ccccc1. The lowest BCUT2D eigenvalue weighted by molar-refractivity contribution is 0.0501. The van der Waals surface area contributed by atoms with Crippen LogP contribution in [0, 0.1) is 29.1 Å². The topological polar surface area (TPSA) is 38.7 Å². The van der Waals surface area contributed by atoms with Gasteiger partial charge in [0.25, 0.3) is 0 Å². The molecule has 0 atom stereocenters. The van der Waals surface area contributed by atoms with Gasteiger partial charge in [0.05, 0.1) is 5.71 Å². The Morgan fingerprint density at radius 1 is 0.903 bits per heavy atom. The zero-order valence-electron chi connectivity index (χ0n) is 17.2. The number of nitrogens with zero attached hydrogens (tertiary/aromatic N) is 1. The fourth-order valence-electron chi connectivity index (χ4n) is 2.85. The van der Waals surface area contributed by atoms with Gasteiger partial charge in [0.2, 0.25) is 5.82 Å². The molecule has 2 aromatic carbocycles. The van der Waals surface area contributed by atoms with E-state index in [0.29, 0.717) is 24.1 Å². The van der Waals surface area contributed by atoms with Crippen LogP contribution in [0.4, 0.5) is 22.0 Å². The molecule has 3 nitrogen and oxygen atoms in total. The lowest BCUT2D eigenvalue weighted by Gasteiger charge is -2.09. The van der Waals surface area contributed by atoms with Crippen molar-refractivity contribution in [3.8, 4) is 0 Å². The van der Waals surface area contributed by atoms with Crippen molar-refractivity contribution in [3.63, 3.8) is 0 Å². The molecule has 0 aromatic heterocycles. The van der Waals surface area contributed by atoms with E-state index < -0.39 is 40.6 Å². The molecule has 0 heterocycles. The number of carbonyl (C=O) groups is 1. The lowest BCUT2D eigenvalue weighted by Crippen LogP contribution is -2.14. The third-order valence-corrected chi connectivity index (χ3v) is 4.62. The first-order valence-electron chi connectivity index (χ1n) is 9.84. The van der Waals surface area contributed by atoms with E-state index in [1.54, 1.807) is 30.3 Å². The molecule has 166 valence electrons. The van der Waals surface area contributed by atoms with Gasteiger partial charge in [-0.25, -0.2) is 26.7 Å². The Morgan fingerprint density at radius 3 is 2.03 bits per heavy atom. The van der Waals surface area contributed by atoms with Crippen LogP contribution in [-0.4, -0.2) is 11.7 Å². The van der Waals surface area contributed by atoms with Crippen LogP contribution >= 0.6 is 0 Å². The summed E-state index contributed by atoms with van der Waals surface area (Å²) >= 11 is 0. The fraction of sp³-hybridized carbons (Fsp3) is 0.304. The van der Waals surface area contributed by atoms with Crippen LogP contribution in [0.3, 0.4) is 0 Å². The van der Waals surface area contributed by atoms with Crippen molar-refractivity contribution in [2.24, 2.45) is 5.16 Å². The summed E-state index contributed by atoms with van der Waals surface area (Å²) in [6.45, 7) is 4.06. The van der Waals surface area contributed by atoms with E-state index in [1.165, 1.54) is 0 Å². The number of oxime groups is 1. The molecule has 0 spiro atoms. The molecule has 0 aliphatic rings. The second-order valence-electron chi connectivity index (χ2n) is 6.73. The Balaban J connectivity index is 2.32. The van der Waals surface area contributed by atoms with Gasteiger partial charge in [-0.05, 0) is 31.2 Å². The lowest BCUT2D eigenvalue weighted by atomic mass is 10.00. The van der Waals surface area contributed by atoms with E-state index in [-0.39, 0.29) is 0 Å². The molecule has 0 saturated heterocycles. The average Bonchev–Trinajstić information content (AvgIpc) is 2.79. The predicted octanol–water partition coefficient (Wildman–Crippen LogP) is 6.86. The van der Waals surface area contributed by atoms with Gasteiger partial charge < -0.3 is 4.84 Å². The number of halogens is 5. The maximum Gasteiger partial charge on any atom is 0.371 e. The van der Waals surface area contributed by atoms with Crippen molar-refractivity contribution in [1.29, 1.82) is 0 Å². The van der Waals surface area contributed by atoms with Crippen LogP contribution < -0.4 is 0 Å². The van der Waals surface area contributed by atoms with Crippen LogP contribution in [0.15, 0.2) is 47.1 Å². The summed E-state index contributed by atoms with van der Waals surface area (Å²) in [6.07, 6.45) is 5.77. The molecular weight excluding hydrogens is 417 g/mol. The Kier molecular flexibility index (Phi) is 8.90. The quantitative estimate of drug-likeness (QED) is 0.0814. The standard InChI is InChI=1S/C23H22F5NO2/c1-3-5-9-14(4-2)12-13-16(15-10-7-6-8-11-15)29-31-23(30)17-18(24)20(26)22(28)21(27)19(17)25/h6-11H,3-5,12-13H2,1-2H3/b14-9+,29-16+. The molecule has 0 N–H and O–H groups in total. The summed E-state index contributed by atoms with van der Waals surface area (Å²) in [5, 5.41) is 3.69. The van der Waals surface area contributed by atoms with Gasteiger partial charge in [0.15, 0.2) is 23.3 Å². The summed E-state index contributed by atoms with van der Waals surface area (Å²) in [5.74, 6) is -13.1. The van der Waals surface area contributed by atoms with Gasteiger partial charge >= 0.3 is 5.97 Å². The largest absolute Gasteiger partial charge is 0.371 e. The van der Waals surface area contributed by atoms with Gasteiger partial charge in [-0.15, -0.1) is 0 Å². The zero-order chi connectivity index (χ0) is 23.0. The van der Waals surface area contributed by atoms with Crippen molar-refractivity contribution >= 4 is 11.7 Å². The molecule has 0 aliphatic carbocycles. The minimum Gasteiger partial charge on any atom is -0.312 e. The number of rotatable bonds is 9. The summed E-state index contributed by atoms with van der Waals surface area (Å²) in [5.41, 5.74) is 0.369. The van der Waals surface area contributed by atoms with Gasteiger partial charge in [0, 0.05) is 0 Å². The molecule has 2 aromatic rings. The molecular formula is C23H22F5NO2. The molecule has 0 bridgehead atoms. The highest BCUT2D eigenvalue weighted by atomic mass is 19.2.